The van der Waals surface area contributed by atoms with Crippen molar-refractivity contribution >= 4 is 23.0 Å². The van der Waals surface area contributed by atoms with Crippen molar-refractivity contribution < 1.29 is 14.7 Å². The summed E-state index contributed by atoms with van der Waals surface area (Å²) in [7, 11) is 0. The van der Waals surface area contributed by atoms with Crippen LogP contribution in [0.2, 0.25) is 0 Å². The van der Waals surface area contributed by atoms with E-state index in [9.17, 15) is 9.59 Å². The molecular weight excluding hydrogens is 204 g/mol. The van der Waals surface area contributed by atoms with Crippen LogP contribution in [0.15, 0.2) is 36.4 Å². The monoisotopic (exact) mass is 214 g/mol. The summed E-state index contributed by atoms with van der Waals surface area (Å²) >= 11 is 0. The van der Waals surface area contributed by atoms with Crippen molar-refractivity contribution in [2.75, 3.05) is 0 Å². The second-order valence-electron chi connectivity index (χ2n) is 3.54. The van der Waals surface area contributed by atoms with Gasteiger partial charge in [0.05, 0.1) is 6.42 Å². The summed E-state index contributed by atoms with van der Waals surface area (Å²) in [6.45, 7) is 0. The van der Waals surface area contributed by atoms with Gasteiger partial charge in [-0.2, -0.15) is 0 Å². The van der Waals surface area contributed by atoms with Gasteiger partial charge in [0.15, 0.2) is 0 Å². The number of benzene rings is 2. The molecule has 0 radical (unpaired) electrons. The van der Waals surface area contributed by atoms with Gasteiger partial charge in [0.2, 0.25) is 0 Å². The number of carbonyl (C=O) groups excluding carboxylic acids is 1. The Morgan fingerprint density at radius 2 is 1.94 bits per heavy atom. The van der Waals surface area contributed by atoms with Gasteiger partial charge in [0.1, 0.15) is 6.29 Å². The second kappa shape index (κ2) is 4.14. The lowest BCUT2D eigenvalue weighted by molar-refractivity contribution is -0.136. The Balaban J connectivity index is 2.72. The number of aliphatic carboxylic acids is 1. The molecule has 0 heterocycles. The van der Waals surface area contributed by atoms with E-state index in [1.54, 1.807) is 6.07 Å². The van der Waals surface area contributed by atoms with Crippen LogP contribution in [-0.2, 0) is 11.2 Å². The van der Waals surface area contributed by atoms with Crippen LogP contribution in [0, 0.1) is 0 Å². The molecule has 0 aromatic heterocycles. The molecular formula is C13H10O3. The van der Waals surface area contributed by atoms with Crippen LogP contribution >= 0.6 is 0 Å². The number of hydrogen-bond acceptors (Lipinski definition) is 2. The summed E-state index contributed by atoms with van der Waals surface area (Å²) in [6.07, 6.45) is 0.570. The largest absolute Gasteiger partial charge is 0.481 e. The summed E-state index contributed by atoms with van der Waals surface area (Å²) in [5.41, 5.74) is 1.03. The second-order valence-corrected chi connectivity index (χ2v) is 3.54. The average Bonchev–Trinajstić information content (AvgIpc) is 2.29. The van der Waals surface area contributed by atoms with Crippen LogP contribution in [0.4, 0.5) is 0 Å². The fourth-order valence-electron chi connectivity index (χ4n) is 1.81. The molecule has 0 aliphatic carbocycles. The van der Waals surface area contributed by atoms with E-state index in [4.69, 9.17) is 5.11 Å². The molecule has 16 heavy (non-hydrogen) atoms. The van der Waals surface area contributed by atoms with Gasteiger partial charge in [-0.25, -0.2) is 0 Å². The third-order valence-electron chi connectivity index (χ3n) is 2.53. The first-order chi connectivity index (χ1) is 7.72. The highest BCUT2D eigenvalue weighted by molar-refractivity contribution is 5.95. The van der Waals surface area contributed by atoms with Crippen LogP contribution < -0.4 is 0 Å². The zero-order chi connectivity index (χ0) is 11.5. The Bertz CT molecular complexity index is 558. The van der Waals surface area contributed by atoms with Gasteiger partial charge >= 0.3 is 5.97 Å². The van der Waals surface area contributed by atoms with Crippen molar-refractivity contribution in [1.82, 2.24) is 0 Å². The van der Waals surface area contributed by atoms with Gasteiger partial charge < -0.3 is 5.11 Å². The predicted octanol–water partition coefficient (Wildman–Crippen LogP) is 2.28. The van der Waals surface area contributed by atoms with E-state index in [0.717, 1.165) is 10.8 Å². The lowest BCUT2D eigenvalue weighted by atomic mass is 9.97. The number of carboxylic acid groups (broad SMARTS) is 1. The first-order valence-corrected chi connectivity index (χ1v) is 4.90. The standard InChI is InChI=1S/C13H10O3/c14-8-10-6-5-9-3-1-2-4-11(9)12(10)7-13(15)16/h1-6,8H,7H2,(H,15,16). The first kappa shape index (κ1) is 10.4. The zero-order valence-corrected chi connectivity index (χ0v) is 8.51. The molecule has 3 heteroatoms. The zero-order valence-electron chi connectivity index (χ0n) is 8.51. The summed E-state index contributed by atoms with van der Waals surface area (Å²) in [5, 5.41) is 10.6. The van der Waals surface area contributed by atoms with E-state index in [-0.39, 0.29) is 6.42 Å². The van der Waals surface area contributed by atoms with Crippen molar-refractivity contribution in [3.8, 4) is 0 Å². The van der Waals surface area contributed by atoms with Crippen molar-refractivity contribution in [1.29, 1.82) is 0 Å². The molecule has 2 aromatic rings. The molecule has 0 fully saturated rings. The molecule has 0 spiro atoms. The Labute approximate surface area is 92.3 Å². The number of fused-ring (bicyclic) bond motifs is 1. The average molecular weight is 214 g/mol. The molecule has 0 bridgehead atoms. The third-order valence-corrected chi connectivity index (χ3v) is 2.53. The van der Waals surface area contributed by atoms with Gasteiger partial charge in [-0.05, 0) is 16.3 Å². The van der Waals surface area contributed by atoms with E-state index in [1.807, 2.05) is 30.3 Å². The lowest BCUT2D eigenvalue weighted by Gasteiger charge is -2.06. The maximum Gasteiger partial charge on any atom is 0.307 e. The van der Waals surface area contributed by atoms with Crippen LogP contribution in [0.3, 0.4) is 0 Å². The van der Waals surface area contributed by atoms with Gasteiger partial charge in [-0.3, -0.25) is 9.59 Å². The normalized spacial score (nSPS) is 10.2. The predicted molar refractivity (Wildman–Crippen MR) is 60.7 cm³/mol. The quantitative estimate of drug-likeness (QED) is 0.797. The van der Waals surface area contributed by atoms with Crippen molar-refractivity contribution in [2.45, 2.75) is 6.42 Å². The maximum atomic E-state index is 10.9. The van der Waals surface area contributed by atoms with E-state index < -0.39 is 5.97 Å². The van der Waals surface area contributed by atoms with Crippen LogP contribution in [-0.4, -0.2) is 17.4 Å². The maximum absolute atomic E-state index is 10.9. The fraction of sp³-hybridized carbons (Fsp3) is 0.0769. The minimum atomic E-state index is -0.931. The number of aldehydes is 1. The van der Waals surface area contributed by atoms with E-state index in [0.29, 0.717) is 17.4 Å². The molecule has 0 saturated heterocycles. The molecule has 1 N–H and O–H groups in total. The summed E-state index contributed by atoms with van der Waals surface area (Å²) in [6, 6.07) is 10.9. The highest BCUT2D eigenvalue weighted by Gasteiger charge is 2.10. The fourth-order valence-corrected chi connectivity index (χ4v) is 1.81. The number of carboxylic acids is 1. The van der Waals surface area contributed by atoms with E-state index in [1.165, 1.54) is 0 Å². The van der Waals surface area contributed by atoms with Crippen molar-refractivity contribution in [3.05, 3.63) is 47.5 Å². The molecule has 0 aliphatic heterocycles. The van der Waals surface area contributed by atoms with Crippen LogP contribution in [0.25, 0.3) is 10.8 Å². The molecule has 0 saturated carbocycles. The van der Waals surface area contributed by atoms with E-state index >= 15 is 0 Å². The summed E-state index contributed by atoms with van der Waals surface area (Å²) in [5.74, 6) is -0.931. The third kappa shape index (κ3) is 1.80. The molecule has 0 aliphatic rings. The van der Waals surface area contributed by atoms with Crippen molar-refractivity contribution in [3.63, 3.8) is 0 Å². The Hall–Kier alpha value is -2.16. The smallest absolute Gasteiger partial charge is 0.307 e. The Kier molecular flexibility index (Phi) is 2.68. The van der Waals surface area contributed by atoms with Gasteiger partial charge in [-0.1, -0.05) is 36.4 Å². The molecule has 0 unspecified atom stereocenters. The Morgan fingerprint density at radius 3 is 2.62 bits per heavy atom. The minimum Gasteiger partial charge on any atom is -0.481 e. The van der Waals surface area contributed by atoms with Crippen molar-refractivity contribution in [2.24, 2.45) is 0 Å². The van der Waals surface area contributed by atoms with Crippen LogP contribution in [0.5, 0.6) is 0 Å². The topological polar surface area (TPSA) is 54.4 Å². The summed E-state index contributed by atoms with van der Waals surface area (Å²) in [4.78, 5) is 21.6. The number of rotatable bonds is 3. The highest BCUT2D eigenvalue weighted by atomic mass is 16.4. The number of carbonyl (C=O) groups is 2. The lowest BCUT2D eigenvalue weighted by Crippen LogP contribution is -2.04. The molecule has 2 aromatic carbocycles. The van der Waals surface area contributed by atoms with Gasteiger partial charge in [0.25, 0.3) is 0 Å². The minimum absolute atomic E-state index is 0.130. The highest BCUT2D eigenvalue weighted by Crippen LogP contribution is 2.22. The molecule has 2 rings (SSSR count). The number of hydrogen-bond donors (Lipinski definition) is 1. The van der Waals surface area contributed by atoms with Gasteiger partial charge in [0, 0.05) is 5.56 Å². The molecule has 0 amide bonds. The molecule has 80 valence electrons. The van der Waals surface area contributed by atoms with Crippen LogP contribution in [0.1, 0.15) is 15.9 Å². The Morgan fingerprint density at radius 1 is 1.19 bits per heavy atom. The van der Waals surface area contributed by atoms with E-state index in [2.05, 4.69) is 0 Å². The SMILES string of the molecule is O=Cc1ccc2ccccc2c1CC(=O)O. The molecule has 0 atom stereocenters. The summed E-state index contributed by atoms with van der Waals surface area (Å²) < 4.78 is 0. The van der Waals surface area contributed by atoms with Gasteiger partial charge in [-0.15, -0.1) is 0 Å². The molecule has 3 nitrogen and oxygen atoms in total. The first-order valence-electron chi connectivity index (χ1n) is 4.90.